The first-order valence-electron chi connectivity index (χ1n) is 6.40. The molecule has 3 nitrogen and oxygen atoms in total. The molecule has 0 radical (unpaired) electrons. The predicted molar refractivity (Wildman–Crippen MR) is 71.8 cm³/mol. The van der Waals surface area contributed by atoms with Crippen molar-refractivity contribution in [2.24, 2.45) is 5.84 Å². The molecule has 1 aromatic carbocycles. The van der Waals surface area contributed by atoms with Crippen molar-refractivity contribution >= 4 is 0 Å². The van der Waals surface area contributed by atoms with Gasteiger partial charge < -0.3 is 4.74 Å². The Bertz CT molecular complexity index is 326. The van der Waals surface area contributed by atoms with Crippen molar-refractivity contribution < 1.29 is 4.74 Å². The average molecular weight is 236 g/mol. The van der Waals surface area contributed by atoms with Crippen LogP contribution in [0.3, 0.4) is 0 Å². The number of nitrogens with one attached hydrogen (secondary N) is 1. The van der Waals surface area contributed by atoms with Crippen LogP contribution >= 0.6 is 0 Å². The molecule has 0 amide bonds. The molecule has 0 bridgehead atoms. The number of hydrogen-bond donors (Lipinski definition) is 2. The van der Waals surface area contributed by atoms with Gasteiger partial charge in [-0.3, -0.25) is 11.3 Å². The maximum Gasteiger partial charge on any atom is 0.120 e. The van der Waals surface area contributed by atoms with Gasteiger partial charge in [0.05, 0.1) is 6.10 Å². The van der Waals surface area contributed by atoms with Crippen molar-refractivity contribution in [1.29, 1.82) is 0 Å². The summed E-state index contributed by atoms with van der Waals surface area (Å²) < 4.78 is 5.69. The molecule has 0 fully saturated rings. The average Bonchev–Trinajstić information content (AvgIpc) is 2.30. The molecule has 96 valence electrons. The van der Waals surface area contributed by atoms with E-state index in [0.717, 1.165) is 12.2 Å². The molecule has 0 aliphatic heterocycles. The molecule has 0 saturated carbocycles. The molecule has 0 aromatic heterocycles. The largest absolute Gasteiger partial charge is 0.491 e. The second kappa shape index (κ2) is 7.30. The minimum atomic E-state index is 0.199. The Morgan fingerprint density at radius 2 is 2.12 bits per heavy atom. The molecule has 3 N–H and O–H groups in total. The second-order valence-corrected chi connectivity index (χ2v) is 4.60. The van der Waals surface area contributed by atoms with Gasteiger partial charge in [0.2, 0.25) is 0 Å². The summed E-state index contributed by atoms with van der Waals surface area (Å²) in [5, 5.41) is 0. The lowest BCUT2D eigenvalue weighted by Gasteiger charge is -2.17. The third-order valence-electron chi connectivity index (χ3n) is 2.68. The van der Waals surface area contributed by atoms with Crippen LogP contribution in [0, 0.1) is 0 Å². The molecular formula is C14H24N2O. The van der Waals surface area contributed by atoms with Crippen molar-refractivity contribution in [2.45, 2.75) is 52.2 Å². The van der Waals surface area contributed by atoms with E-state index in [1.807, 2.05) is 26.0 Å². The number of ether oxygens (including phenoxy) is 1. The number of benzene rings is 1. The van der Waals surface area contributed by atoms with Crippen LogP contribution in [0.5, 0.6) is 5.75 Å². The first-order chi connectivity index (χ1) is 8.17. The van der Waals surface area contributed by atoms with E-state index >= 15 is 0 Å². The Morgan fingerprint density at radius 3 is 2.71 bits per heavy atom. The fourth-order valence-corrected chi connectivity index (χ4v) is 1.83. The van der Waals surface area contributed by atoms with Crippen LogP contribution in [0.25, 0.3) is 0 Å². The molecule has 1 rings (SSSR count). The van der Waals surface area contributed by atoms with E-state index in [2.05, 4.69) is 24.5 Å². The van der Waals surface area contributed by atoms with E-state index in [9.17, 15) is 0 Å². The zero-order chi connectivity index (χ0) is 12.7. The smallest absolute Gasteiger partial charge is 0.120 e. The highest BCUT2D eigenvalue weighted by atomic mass is 16.5. The molecule has 0 heterocycles. The zero-order valence-corrected chi connectivity index (χ0v) is 11.1. The van der Waals surface area contributed by atoms with E-state index in [-0.39, 0.29) is 12.1 Å². The van der Waals surface area contributed by atoms with Gasteiger partial charge in [-0.25, -0.2) is 0 Å². The summed E-state index contributed by atoms with van der Waals surface area (Å²) >= 11 is 0. The van der Waals surface area contributed by atoms with Crippen molar-refractivity contribution in [3.05, 3.63) is 29.8 Å². The Hall–Kier alpha value is -1.06. The molecule has 0 aliphatic rings. The fourth-order valence-electron chi connectivity index (χ4n) is 1.83. The Morgan fingerprint density at radius 1 is 1.35 bits per heavy atom. The molecular weight excluding hydrogens is 212 g/mol. The number of hydrazine groups is 1. The molecule has 1 unspecified atom stereocenters. The van der Waals surface area contributed by atoms with E-state index < -0.39 is 0 Å². The quantitative estimate of drug-likeness (QED) is 0.564. The summed E-state index contributed by atoms with van der Waals surface area (Å²) in [6.45, 7) is 6.25. The van der Waals surface area contributed by atoms with Crippen LogP contribution in [0.1, 0.15) is 51.6 Å². The fraction of sp³-hybridized carbons (Fsp3) is 0.571. The zero-order valence-electron chi connectivity index (χ0n) is 11.1. The van der Waals surface area contributed by atoms with Gasteiger partial charge in [0.25, 0.3) is 0 Å². The molecule has 17 heavy (non-hydrogen) atoms. The molecule has 3 heteroatoms. The van der Waals surface area contributed by atoms with Gasteiger partial charge in [-0.1, -0.05) is 31.9 Å². The second-order valence-electron chi connectivity index (χ2n) is 4.60. The number of nitrogens with two attached hydrogens (primary N) is 1. The highest BCUT2D eigenvalue weighted by molar-refractivity contribution is 5.30. The van der Waals surface area contributed by atoms with Crippen LogP contribution in [0.15, 0.2) is 24.3 Å². The van der Waals surface area contributed by atoms with Crippen molar-refractivity contribution in [1.82, 2.24) is 5.43 Å². The summed E-state index contributed by atoms with van der Waals surface area (Å²) in [7, 11) is 0. The van der Waals surface area contributed by atoms with Gasteiger partial charge in [-0.05, 0) is 38.0 Å². The van der Waals surface area contributed by atoms with Gasteiger partial charge >= 0.3 is 0 Å². The Kier molecular flexibility index (Phi) is 6.01. The summed E-state index contributed by atoms with van der Waals surface area (Å²) in [5.74, 6) is 6.52. The van der Waals surface area contributed by atoms with E-state index in [4.69, 9.17) is 10.6 Å². The molecule has 1 aromatic rings. The van der Waals surface area contributed by atoms with Crippen molar-refractivity contribution in [3.8, 4) is 5.75 Å². The maximum atomic E-state index is 5.69. The minimum absolute atomic E-state index is 0.199. The van der Waals surface area contributed by atoms with Gasteiger partial charge in [0, 0.05) is 6.04 Å². The van der Waals surface area contributed by atoms with Gasteiger partial charge in [-0.15, -0.1) is 0 Å². The van der Waals surface area contributed by atoms with Gasteiger partial charge in [0.15, 0.2) is 0 Å². The lowest BCUT2D eigenvalue weighted by molar-refractivity contribution is 0.242. The van der Waals surface area contributed by atoms with Gasteiger partial charge in [0.1, 0.15) is 5.75 Å². The highest BCUT2D eigenvalue weighted by Gasteiger charge is 2.10. The summed E-state index contributed by atoms with van der Waals surface area (Å²) in [4.78, 5) is 0. The molecule has 0 saturated heterocycles. The highest BCUT2D eigenvalue weighted by Crippen LogP contribution is 2.23. The maximum absolute atomic E-state index is 5.69. The van der Waals surface area contributed by atoms with E-state index in [1.165, 1.54) is 18.4 Å². The number of hydrogen-bond acceptors (Lipinski definition) is 3. The standard InChI is InChI=1S/C14H24N2O/c1-4-5-9-14(16-15)12-7-6-8-13(10-12)17-11(2)3/h6-8,10-11,14,16H,4-5,9,15H2,1-3H3. The van der Waals surface area contributed by atoms with Crippen LogP contribution < -0.4 is 16.0 Å². The van der Waals surface area contributed by atoms with Crippen LogP contribution in [-0.4, -0.2) is 6.10 Å². The van der Waals surface area contributed by atoms with Crippen molar-refractivity contribution in [2.75, 3.05) is 0 Å². The lowest BCUT2D eigenvalue weighted by atomic mass is 10.0. The van der Waals surface area contributed by atoms with E-state index in [1.54, 1.807) is 0 Å². The lowest BCUT2D eigenvalue weighted by Crippen LogP contribution is -2.28. The normalized spacial score (nSPS) is 12.8. The minimum Gasteiger partial charge on any atom is -0.491 e. The topological polar surface area (TPSA) is 47.3 Å². The summed E-state index contributed by atoms with van der Waals surface area (Å²) in [5.41, 5.74) is 4.07. The SMILES string of the molecule is CCCCC(NN)c1cccc(OC(C)C)c1. The summed E-state index contributed by atoms with van der Waals surface area (Å²) in [6, 6.07) is 8.37. The van der Waals surface area contributed by atoms with Crippen LogP contribution in [0.2, 0.25) is 0 Å². The monoisotopic (exact) mass is 236 g/mol. The molecule has 0 spiro atoms. The van der Waals surface area contributed by atoms with E-state index in [0.29, 0.717) is 0 Å². The van der Waals surface area contributed by atoms with Crippen molar-refractivity contribution in [3.63, 3.8) is 0 Å². The predicted octanol–water partition coefficient (Wildman–Crippen LogP) is 3.17. The third kappa shape index (κ3) is 4.75. The third-order valence-corrected chi connectivity index (χ3v) is 2.68. The molecule has 1 atom stereocenters. The molecule has 0 aliphatic carbocycles. The van der Waals surface area contributed by atoms with Crippen LogP contribution in [-0.2, 0) is 0 Å². The summed E-state index contributed by atoms with van der Waals surface area (Å²) in [6.07, 6.45) is 3.60. The Balaban J connectivity index is 2.73. The van der Waals surface area contributed by atoms with Gasteiger partial charge in [-0.2, -0.15) is 0 Å². The Labute approximate surface area is 104 Å². The van der Waals surface area contributed by atoms with Crippen LogP contribution in [0.4, 0.5) is 0 Å². The number of unbranched alkanes of at least 4 members (excludes halogenated alkanes) is 1. The number of rotatable bonds is 7. The first kappa shape index (κ1) is 14.0. The first-order valence-corrected chi connectivity index (χ1v) is 6.40.